The number of aromatic nitrogens is 2. The summed E-state index contributed by atoms with van der Waals surface area (Å²) in [6.45, 7) is 1.02. The summed E-state index contributed by atoms with van der Waals surface area (Å²) in [6, 6.07) is 8.94. The number of hydrogen-bond donors (Lipinski definition) is 1. The molecule has 0 saturated carbocycles. The lowest BCUT2D eigenvalue weighted by Crippen LogP contribution is -2.31. The van der Waals surface area contributed by atoms with Gasteiger partial charge in [0.05, 0.1) is 6.04 Å². The maximum absolute atomic E-state index is 4.56. The Labute approximate surface area is 114 Å². The Bertz CT molecular complexity index is 586. The molecular formula is C15H20N4. The number of anilines is 1. The first kappa shape index (κ1) is 12.2. The Morgan fingerprint density at radius 3 is 2.84 bits per heavy atom. The molecule has 4 heteroatoms. The molecule has 0 fully saturated rings. The van der Waals surface area contributed by atoms with E-state index in [1.54, 1.807) is 0 Å². The molecule has 1 aliphatic heterocycles. The van der Waals surface area contributed by atoms with Gasteiger partial charge >= 0.3 is 0 Å². The van der Waals surface area contributed by atoms with Crippen LogP contribution in [0.15, 0.2) is 30.5 Å². The van der Waals surface area contributed by atoms with Gasteiger partial charge in [-0.2, -0.15) is 5.10 Å². The normalized spacial score (nSPS) is 18.2. The van der Waals surface area contributed by atoms with Crippen molar-refractivity contribution in [1.29, 1.82) is 0 Å². The minimum Gasteiger partial charge on any atom is -0.361 e. The molecule has 0 amide bonds. The van der Waals surface area contributed by atoms with Gasteiger partial charge in [0.2, 0.25) is 0 Å². The van der Waals surface area contributed by atoms with Gasteiger partial charge in [0, 0.05) is 39.4 Å². The molecule has 100 valence electrons. The fraction of sp³-hybridized carbons (Fsp3) is 0.400. The quantitative estimate of drug-likeness (QED) is 0.888. The van der Waals surface area contributed by atoms with E-state index >= 15 is 0 Å². The van der Waals surface area contributed by atoms with Gasteiger partial charge in [0.15, 0.2) is 5.82 Å². The Kier molecular flexibility index (Phi) is 3.03. The molecule has 0 bridgehead atoms. The Hall–Kier alpha value is -1.81. The standard InChI is InChI=1S/C15H20N4/c1-18(2)15-13(10-19(3)17-15)14-12-7-5-4-6-11(12)8-9-16-14/h4-7,10,14,16H,8-9H2,1-3H3. The Morgan fingerprint density at radius 1 is 1.26 bits per heavy atom. The summed E-state index contributed by atoms with van der Waals surface area (Å²) in [4.78, 5) is 2.08. The molecule has 1 unspecified atom stereocenters. The van der Waals surface area contributed by atoms with Crippen LogP contribution in [0.1, 0.15) is 22.7 Å². The third-order valence-corrected chi connectivity index (χ3v) is 3.68. The first-order valence-corrected chi connectivity index (χ1v) is 6.69. The highest BCUT2D eigenvalue weighted by molar-refractivity contribution is 5.51. The summed E-state index contributed by atoms with van der Waals surface area (Å²) in [6.07, 6.45) is 3.22. The number of nitrogens with zero attached hydrogens (tertiary/aromatic N) is 3. The minimum absolute atomic E-state index is 0.246. The molecule has 4 nitrogen and oxygen atoms in total. The Balaban J connectivity index is 2.09. The van der Waals surface area contributed by atoms with Crippen molar-refractivity contribution in [3.63, 3.8) is 0 Å². The number of nitrogens with one attached hydrogen (secondary N) is 1. The second-order valence-corrected chi connectivity index (χ2v) is 5.31. The van der Waals surface area contributed by atoms with E-state index in [4.69, 9.17) is 0 Å². The van der Waals surface area contributed by atoms with E-state index in [9.17, 15) is 0 Å². The average molecular weight is 256 g/mol. The van der Waals surface area contributed by atoms with Crippen LogP contribution in [-0.2, 0) is 13.5 Å². The monoisotopic (exact) mass is 256 g/mol. The van der Waals surface area contributed by atoms with Crippen LogP contribution >= 0.6 is 0 Å². The summed E-state index contributed by atoms with van der Waals surface area (Å²) >= 11 is 0. The minimum atomic E-state index is 0.246. The largest absolute Gasteiger partial charge is 0.361 e. The Morgan fingerprint density at radius 2 is 2.05 bits per heavy atom. The molecule has 0 radical (unpaired) electrons. The van der Waals surface area contributed by atoms with Crippen LogP contribution < -0.4 is 10.2 Å². The lowest BCUT2D eigenvalue weighted by molar-refractivity contribution is 0.567. The highest BCUT2D eigenvalue weighted by Gasteiger charge is 2.25. The molecular weight excluding hydrogens is 236 g/mol. The van der Waals surface area contributed by atoms with E-state index in [0.717, 1.165) is 18.8 Å². The summed E-state index contributed by atoms with van der Waals surface area (Å²) < 4.78 is 1.89. The van der Waals surface area contributed by atoms with E-state index in [1.165, 1.54) is 16.7 Å². The SMILES string of the molecule is CN(C)c1nn(C)cc1C1NCCc2ccccc21. The van der Waals surface area contributed by atoms with Crippen molar-refractivity contribution in [2.75, 3.05) is 25.5 Å². The van der Waals surface area contributed by atoms with Crippen LogP contribution in [0.25, 0.3) is 0 Å². The highest BCUT2D eigenvalue weighted by Crippen LogP contribution is 2.32. The molecule has 1 aromatic heterocycles. The third-order valence-electron chi connectivity index (χ3n) is 3.68. The van der Waals surface area contributed by atoms with Crippen molar-refractivity contribution in [1.82, 2.24) is 15.1 Å². The number of benzene rings is 1. The number of rotatable bonds is 2. The highest BCUT2D eigenvalue weighted by atomic mass is 15.3. The second kappa shape index (κ2) is 4.70. The van der Waals surface area contributed by atoms with Gasteiger partial charge < -0.3 is 10.2 Å². The maximum atomic E-state index is 4.56. The van der Waals surface area contributed by atoms with Crippen LogP contribution in [0, 0.1) is 0 Å². The van der Waals surface area contributed by atoms with Gasteiger partial charge in [-0.25, -0.2) is 0 Å². The zero-order valence-electron chi connectivity index (χ0n) is 11.7. The van der Waals surface area contributed by atoms with Crippen molar-refractivity contribution in [3.05, 3.63) is 47.2 Å². The van der Waals surface area contributed by atoms with E-state index in [0.29, 0.717) is 0 Å². The van der Waals surface area contributed by atoms with Crippen LogP contribution in [0.3, 0.4) is 0 Å². The van der Waals surface area contributed by atoms with Crippen molar-refractivity contribution < 1.29 is 0 Å². The topological polar surface area (TPSA) is 33.1 Å². The average Bonchev–Trinajstić information content (AvgIpc) is 2.80. The molecule has 0 saturated heterocycles. The number of aryl methyl sites for hydroxylation is 1. The summed E-state index contributed by atoms with van der Waals surface area (Å²) in [5.41, 5.74) is 4.07. The van der Waals surface area contributed by atoms with Crippen LogP contribution in [0.2, 0.25) is 0 Å². The molecule has 2 aromatic rings. The lowest BCUT2D eigenvalue weighted by atomic mass is 9.91. The molecule has 1 atom stereocenters. The molecule has 1 N–H and O–H groups in total. The molecule has 19 heavy (non-hydrogen) atoms. The van der Waals surface area contributed by atoms with Crippen molar-refractivity contribution in [2.24, 2.45) is 7.05 Å². The second-order valence-electron chi connectivity index (χ2n) is 5.31. The van der Waals surface area contributed by atoms with Gasteiger partial charge in [0.25, 0.3) is 0 Å². The predicted octanol–water partition coefficient (Wildman–Crippen LogP) is 1.72. The van der Waals surface area contributed by atoms with Gasteiger partial charge in [-0.3, -0.25) is 4.68 Å². The fourth-order valence-electron chi connectivity index (χ4n) is 2.83. The van der Waals surface area contributed by atoms with Gasteiger partial charge in [-0.05, 0) is 17.5 Å². The maximum Gasteiger partial charge on any atom is 0.155 e. The lowest BCUT2D eigenvalue weighted by Gasteiger charge is -2.27. The first-order valence-electron chi connectivity index (χ1n) is 6.69. The molecule has 0 spiro atoms. The van der Waals surface area contributed by atoms with Crippen molar-refractivity contribution >= 4 is 5.82 Å². The van der Waals surface area contributed by atoms with Gasteiger partial charge in [-0.15, -0.1) is 0 Å². The molecule has 1 aliphatic rings. The number of hydrogen-bond acceptors (Lipinski definition) is 3. The zero-order valence-corrected chi connectivity index (χ0v) is 11.7. The summed E-state index contributed by atoms with van der Waals surface area (Å²) in [7, 11) is 6.06. The molecule has 2 heterocycles. The molecule has 1 aromatic carbocycles. The van der Waals surface area contributed by atoms with E-state index in [1.807, 2.05) is 25.8 Å². The molecule has 3 rings (SSSR count). The smallest absolute Gasteiger partial charge is 0.155 e. The summed E-state index contributed by atoms with van der Waals surface area (Å²) in [5.74, 6) is 1.04. The molecule has 0 aliphatic carbocycles. The zero-order chi connectivity index (χ0) is 13.4. The van der Waals surface area contributed by atoms with Crippen LogP contribution in [0.4, 0.5) is 5.82 Å². The van der Waals surface area contributed by atoms with E-state index in [2.05, 4.69) is 45.8 Å². The van der Waals surface area contributed by atoms with Crippen molar-refractivity contribution in [3.8, 4) is 0 Å². The van der Waals surface area contributed by atoms with Gasteiger partial charge in [0.1, 0.15) is 0 Å². The predicted molar refractivity (Wildman–Crippen MR) is 77.5 cm³/mol. The van der Waals surface area contributed by atoms with E-state index in [-0.39, 0.29) is 6.04 Å². The van der Waals surface area contributed by atoms with Crippen LogP contribution in [0.5, 0.6) is 0 Å². The first-order chi connectivity index (χ1) is 9.16. The van der Waals surface area contributed by atoms with Gasteiger partial charge in [-0.1, -0.05) is 24.3 Å². The summed E-state index contributed by atoms with van der Waals surface area (Å²) in [5, 5.41) is 8.18. The number of fused-ring (bicyclic) bond motifs is 1. The third kappa shape index (κ3) is 2.12. The van der Waals surface area contributed by atoms with E-state index < -0.39 is 0 Å². The van der Waals surface area contributed by atoms with Crippen LogP contribution in [-0.4, -0.2) is 30.4 Å². The fourth-order valence-corrected chi connectivity index (χ4v) is 2.83. The van der Waals surface area contributed by atoms with Crippen molar-refractivity contribution in [2.45, 2.75) is 12.5 Å².